The maximum Gasteiger partial charge on any atom is 0.336 e. The average Bonchev–Trinajstić information content (AvgIpc) is 2.35. The number of rotatable bonds is 6. The van der Waals surface area contributed by atoms with E-state index in [1.165, 1.54) is 12.1 Å². The lowest BCUT2D eigenvalue weighted by Crippen LogP contribution is -2.41. The highest BCUT2D eigenvalue weighted by Crippen LogP contribution is 2.19. The van der Waals surface area contributed by atoms with Crippen LogP contribution in [0.4, 0.5) is 0 Å². The van der Waals surface area contributed by atoms with Crippen molar-refractivity contribution in [2.45, 2.75) is 24.8 Å². The Morgan fingerprint density at radius 1 is 1.40 bits per heavy atom. The molecule has 0 aliphatic carbocycles. The zero-order chi connectivity index (χ0) is 15.5. The van der Waals surface area contributed by atoms with Crippen molar-refractivity contribution in [3.05, 3.63) is 27.3 Å². The molecule has 1 rings (SSSR count). The van der Waals surface area contributed by atoms with E-state index in [-0.39, 0.29) is 23.0 Å². The summed E-state index contributed by atoms with van der Waals surface area (Å²) in [5.41, 5.74) is -0.0708. The molecule has 0 fully saturated rings. The molecule has 112 valence electrons. The van der Waals surface area contributed by atoms with Gasteiger partial charge in [-0.3, -0.25) is 0 Å². The van der Waals surface area contributed by atoms with Gasteiger partial charge in [0.1, 0.15) is 0 Å². The summed E-state index contributed by atoms with van der Waals surface area (Å²) >= 11 is 1.83. The molecule has 20 heavy (non-hydrogen) atoms. The molecule has 0 amide bonds. The van der Waals surface area contributed by atoms with E-state index in [9.17, 15) is 18.3 Å². The van der Waals surface area contributed by atoms with Gasteiger partial charge in [0.2, 0.25) is 10.0 Å². The van der Waals surface area contributed by atoms with Gasteiger partial charge in [0.25, 0.3) is 0 Å². The molecule has 3 N–H and O–H groups in total. The summed E-state index contributed by atoms with van der Waals surface area (Å²) in [7, 11) is -3.87. The highest BCUT2D eigenvalue weighted by Gasteiger charge is 2.23. The van der Waals surface area contributed by atoms with Crippen molar-refractivity contribution in [2.75, 3.05) is 6.61 Å². The number of hydrogen-bond donors (Lipinski definition) is 3. The van der Waals surface area contributed by atoms with E-state index in [0.29, 0.717) is 3.57 Å². The molecule has 0 saturated carbocycles. The van der Waals surface area contributed by atoms with Crippen LogP contribution in [0.3, 0.4) is 0 Å². The van der Waals surface area contributed by atoms with Gasteiger partial charge in [0, 0.05) is 9.61 Å². The number of hydrogen-bond acceptors (Lipinski definition) is 4. The predicted molar refractivity (Wildman–Crippen MR) is 82.2 cm³/mol. The number of benzene rings is 1. The Hall–Kier alpha value is -0.710. The number of aliphatic hydroxyl groups is 1. The number of nitrogens with one attached hydrogen (secondary N) is 1. The topological polar surface area (TPSA) is 104 Å². The molecule has 0 spiro atoms. The minimum Gasteiger partial charge on any atom is -0.478 e. The van der Waals surface area contributed by atoms with Crippen molar-refractivity contribution in [3.8, 4) is 0 Å². The summed E-state index contributed by atoms with van der Waals surface area (Å²) in [4.78, 5) is 10.9. The number of carbonyl (C=O) groups is 1. The van der Waals surface area contributed by atoms with E-state index in [1.54, 1.807) is 13.8 Å². The van der Waals surface area contributed by atoms with E-state index in [2.05, 4.69) is 4.72 Å². The van der Waals surface area contributed by atoms with Crippen LogP contribution in [0.15, 0.2) is 23.1 Å². The summed E-state index contributed by atoms with van der Waals surface area (Å²) < 4.78 is 27.2. The first-order chi connectivity index (χ1) is 9.19. The summed E-state index contributed by atoms with van der Waals surface area (Å²) in [6, 6.07) is 3.27. The van der Waals surface area contributed by atoms with Crippen LogP contribution in [0.1, 0.15) is 24.2 Å². The van der Waals surface area contributed by atoms with Crippen LogP contribution >= 0.6 is 22.6 Å². The van der Waals surface area contributed by atoms with Gasteiger partial charge in [-0.1, -0.05) is 13.8 Å². The summed E-state index contributed by atoms with van der Waals surface area (Å²) in [5.74, 6) is -1.27. The largest absolute Gasteiger partial charge is 0.478 e. The van der Waals surface area contributed by atoms with Gasteiger partial charge < -0.3 is 10.2 Å². The fourth-order valence-electron chi connectivity index (χ4n) is 1.49. The van der Waals surface area contributed by atoms with Gasteiger partial charge in [0.05, 0.1) is 17.1 Å². The van der Waals surface area contributed by atoms with Gasteiger partial charge in [-0.2, -0.15) is 0 Å². The number of halogens is 1. The SMILES string of the molecule is CC(C)C(CO)NS(=O)(=O)c1ccc(I)c(C(=O)O)c1. The first-order valence-corrected chi connectivity index (χ1v) is 8.41. The minimum atomic E-state index is -3.87. The Labute approximate surface area is 131 Å². The lowest BCUT2D eigenvalue weighted by Gasteiger charge is -2.20. The molecule has 0 heterocycles. The lowest BCUT2D eigenvalue weighted by molar-refractivity contribution is 0.0695. The van der Waals surface area contributed by atoms with Crippen molar-refractivity contribution in [1.29, 1.82) is 0 Å². The Bertz CT molecular complexity index is 600. The van der Waals surface area contributed by atoms with Crippen LogP contribution in [-0.4, -0.2) is 37.2 Å². The fourth-order valence-corrected chi connectivity index (χ4v) is 3.45. The quantitative estimate of drug-likeness (QED) is 0.610. The molecule has 1 aromatic rings. The summed E-state index contributed by atoms with van der Waals surface area (Å²) in [6.07, 6.45) is 0. The molecule has 1 aromatic carbocycles. The van der Waals surface area contributed by atoms with Crippen LogP contribution in [-0.2, 0) is 10.0 Å². The summed E-state index contributed by atoms with van der Waals surface area (Å²) in [5, 5.41) is 18.2. The minimum absolute atomic E-state index is 0.0708. The van der Waals surface area contributed by atoms with Gasteiger partial charge >= 0.3 is 5.97 Å². The maximum absolute atomic E-state index is 12.2. The molecule has 0 saturated heterocycles. The van der Waals surface area contributed by atoms with Gasteiger partial charge in [-0.15, -0.1) is 0 Å². The molecular weight excluding hydrogens is 397 g/mol. The zero-order valence-electron chi connectivity index (χ0n) is 11.0. The number of aromatic carboxylic acids is 1. The van der Waals surface area contributed by atoms with E-state index >= 15 is 0 Å². The second-order valence-electron chi connectivity index (χ2n) is 4.60. The number of carboxylic acid groups (broad SMARTS) is 1. The molecule has 0 bridgehead atoms. The molecule has 1 atom stereocenters. The third kappa shape index (κ3) is 4.14. The molecule has 8 heteroatoms. The van der Waals surface area contributed by atoms with E-state index in [4.69, 9.17) is 5.11 Å². The van der Waals surface area contributed by atoms with Crippen LogP contribution in [0, 0.1) is 9.49 Å². The first-order valence-electron chi connectivity index (χ1n) is 5.85. The van der Waals surface area contributed by atoms with Crippen molar-refractivity contribution < 1.29 is 23.4 Å². The molecule has 0 aliphatic rings. The molecule has 0 aromatic heterocycles. The highest BCUT2D eigenvalue weighted by molar-refractivity contribution is 14.1. The Balaban J connectivity index is 3.16. The lowest BCUT2D eigenvalue weighted by atomic mass is 10.1. The third-order valence-corrected chi connectivity index (χ3v) is 5.21. The Kier molecular flexibility index (Phi) is 5.92. The Morgan fingerprint density at radius 2 is 2.00 bits per heavy atom. The first kappa shape index (κ1) is 17.3. The van der Waals surface area contributed by atoms with Crippen molar-refractivity contribution >= 4 is 38.6 Å². The molecule has 0 aliphatic heterocycles. The normalized spacial score (nSPS) is 13.4. The predicted octanol–water partition coefficient (Wildman–Crippen LogP) is 1.28. The standard InChI is InChI=1S/C12H16INO5S/c1-7(2)11(6-15)14-20(18,19)8-3-4-10(13)9(5-8)12(16)17/h3-5,7,11,14-15H,6H2,1-2H3,(H,16,17). The molecule has 6 nitrogen and oxygen atoms in total. The van der Waals surface area contributed by atoms with Crippen molar-refractivity contribution in [2.24, 2.45) is 5.92 Å². The third-order valence-electron chi connectivity index (χ3n) is 2.79. The van der Waals surface area contributed by atoms with Crippen LogP contribution in [0.2, 0.25) is 0 Å². The van der Waals surface area contributed by atoms with Crippen molar-refractivity contribution in [3.63, 3.8) is 0 Å². The summed E-state index contributed by atoms with van der Waals surface area (Å²) in [6.45, 7) is 3.23. The molecular formula is C12H16INO5S. The van der Waals surface area contributed by atoms with E-state index < -0.39 is 22.0 Å². The highest BCUT2D eigenvalue weighted by atomic mass is 127. The number of aliphatic hydroxyl groups excluding tert-OH is 1. The smallest absolute Gasteiger partial charge is 0.336 e. The van der Waals surface area contributed by atoms with Crippen molar-refractivity contribution in [1.82, 2.24) is 4.72 Å². The number of sulfonamides is 1. The maximum atomic E-state index is 12.2. The molecule has 0 radical (unpaired) electrons. The molecule has 1 unspecified atom stereocenters. The van der Waals surface area contributed by atoms with E-state index in [1.807, 2.05) is 22.6 Å². The second kappa shape index (κ2) is 6.83. The van der Waals surface area contributed by atoms with Crippen LogP contribution in [0.5, 0.6) is 0 Å². The van der Waals surface area contributed by atoms with E-state index in [0.717, 1.165) is 6.07 Å². The van der Waals surface area contributed by atoms with Gasteiger partial charge in [0.15, 0.2) is 0 Å². The van der Waals surface area contributed by atoms with Gasteiger partial charge in [-0.25, -0.2) is 17.9 Å². The zero-order valence-corrected chi connectivity index (χ0v) is 14.0. The monoisotopic (exact) mass is 413 g/mol. The Morgan fingerprint density at radius 3 is 2.45 bits per heavy atom. The van der Waals surface area contributed by atoms with Crippen LogP contribution < -0.4 is 4.72 Å². The second-order valence-corrected chi connectivity index (χ2v) is 7.48. The van der Waals surface area contributed by atoms with Gasteiger partial charge in [-0.05, 0) is 46.7 Å². The fraction of sp³-hybridized carbons (Fsp3) is 0.417. The average molecular weight is 413 g/mol. The number of carboxylic acids is 1. The van der Waals surface area contributed by atoms with Crippen LogP contribution in [0.25, 0.3) is 0 Å².